The molecule has 0 aromatic heterocycles. The predicted octanol–water partition coefficient (Wildman–Crippen LogP) is 0.584. The van der Waals surface area contributed by atoms with Gasteiger partial charge in [0.15, 0.2) is 0 Å². The van der Waals surface area contributed by atoms with Gasteiger partial charge < -0.3 is 5.32 Å². The van der Waals surface area contributed by atoms with E-state index in [0.29, 0.717) is 31.5 Å². The lowest BCUT2D eigenvalue weighted by atomic mass is 10.0. The molecule has 0 aromatic rings. The SMILES string of the molecule is CC1CCCN(S(=O)(=O)NCC2CCNC2)C1.Cl. The molecule has 108 valence electrons. The van der Waals surface area contributed by atoms with E-state index in [0.717, 1.165) is 32.4 Å². The monoisotopic (exact) mass is 297 g/mol. The van der Waals surface area contributed by atoms with Gasteiger partial charge in [-0.3, -0.25) is 0 Å². The van der Waals surface area contributed by atoms with E-state index >= 15 is 0 Å². The Hall–Kier alpha value is 0.120. The maximum Gasteiger partial charge on any atom is 0.279 e. The molecule has 0 saturated carbocycles. The molecule has 2 rings (SSSR count). The second-order valence-electron chi connectivity index (χ2n) is 5.32. The van der Waals surface area contributed by atoms with Crippen LogP contribution in [0.2, 0.25) is 0 Å². The Kier molecular flexibility index (Phi) is 6.34. The predicted molar refractivity (Wildman–Crippen MR) is 75.1 cm³/mol. The van der Waals surface area contributed by atoms with E-state index in [1.165, 1.54) is 0 Å². The number of hydrogen-bond acceptors (Lipinski definition) is 3. The van der Waals surface area contributed by atoms with E-state index in [9.17, 15) is 8.42 Å². The van der Waals surface area contributed by atoms with Crippen LogP contribution in [0, 0.1) is 11.8 Å². The average Bonchev–Trinajstić information content (AvgIpc) is 2.79. The van der Waals surface area contributed by atoms with Crippen LogP contribution in [0.4, 0.5) is 0 Å². The molecule has 2 fully saturated rings. The molecule has 2 aliphatic heterocycles. The van der Waals surface area contributed by atoms with Gasteiger partial charge in [-0.25, -0.2) is 4.72 Å². The van der Waals surface area contributed by atoms with Crippen molar-refractivity contribution in [2.24, 2.45) is 11.8 Å². The second-order valence-corrected chi connectivity index (χ2v) is 7.07. The molecule has 2 aliphatic rings. The van der Waals surface area contributed by atoms with Crippen molar-refractivity contribution in [3.05, 3.63) is 0 Å². The van der Waals surface area contributed by atoms with Crippen LogP contribution in [0.1, 0.15) is 26.2 Å². The summed E-state index contributed by atoms with van der Waals surface area (Å²) in [6.45, 7) is 5.95. The van der Waals surface area contributed by atoms with Crippen LogP contribution in [-0.4, -0.2) is 45.4 Å². The smallest absolute Gasteiger partial charge is 0.279 e. The second kappa shape index (κ2) is 7.05. The van der Waals surface area contributed by atoms with Crippen LogP contribution in [0.15, 0.2) is 0 Å². The first-order valence-corrected chi connectivity index (χ1v) is 7.97. The van der Waals surface area contributed by atoms with Crippen molar-refractivity contribution in [2.45, 2.75) is 26.2 Å². The number of nitrogens with one attached hydrogen (secondary N) is 2. The van der Waals surface area contributed by atoms with Gasteiger partial charge in [0.2, 0.25) is 0 Å². The minimum absolute atomic E-state index is 0. The third-order valence-electron chi connectivity index (χ3n) is 3.68. The van der Waals surface area contributed by atoms with Crippen molar-refractivity contribution in [1.29, 1.82) is 0 Å². The summed E-state index contributed by atoms with van der Waals surface area (Å²) in [5.74, 6) is 0.931. The molecule has 18 heavy (non-hydrogen) atoms. The third kappa shape index (κ3) is 4.35. The maximum atomic E-state index is 12.1. The Labute approximate surface area is 116 Å². The zero-order valence-corrected chi connectivity index (χ0v) is 12.5. The average molecular weight is 298 g/mol. The fourth-order valence-electron chi connectivity index (χ4n) is 2.57. The first-order chi connectivity index (χ1) is 8.08. The Balaban J connectivity index is 0.00000162. The molecule has 0 spiro atoms. The van der Waals surface area contributed by atoms with E-state index in [2.05, 4.69) is 17.0 Å². The number of nitrogens with zero attached hydrogens (tertiary/aromatic N) is 1. The van der Waals surface area contributed by atoms with E-state index in [-0.39, 0.29) is 12.4 Å². The van der Waals surface area contributed by atoms with E-state index < -0.39 is 10.2 Å². The minimum Gasteiger partial charge on any atom is -0.316 e. The van der Waals surface area contributed by atoms with Gasteiger partial charge in [-0.1, -0.05) is 6.92 Å². The minimum atomic E-state index is -3.25. The molecule has 5 nitrogen and oxygen atoms in total. The first kappa shape index (κ1) is 16.2. The lowest BCUT2D eigenvalue weighted by Gasteiger charge is -2.30. The molecular formula is C11H24ClN3O2S. The molecule has 0 radical (unpaired) electrons. The van der Waals surface area contributed by atoms with Crippen molar-refractivity contribution in [3.63, 3.8) is 0 Å². The molecule has 0 amide bonds. The molecule has 2 heterocycles. The summed E-state index contributed by atoms with van der Waals surface area (Å²) in [6.07, 6.45) is 3.19. The van der Waals surface area contributed by atoms with Crippen LogP contribution in [0.3, 0.4) is 0 Å². The summed E-state index contributed by atoms with van der Waals surface area (Å²) >= 11 is 0. The number of halogens is 1. The molecule has 0 bridgehead atoms. The summed E-state index contributed by atoms with van der Waals surface area (Å²) in [5, 5.41) is 3.25. The molecule has 2 atom stereocenters. The van der Waals surface area contributed by atoms with E-state index in [1.54, 1.807) is 4.31 Å². The normalized spacial score (nSPS) is 30.1. The van der Waals surface area contributed by atoms with Gasteiger partial charge in [-0.05, 0) is 44.2 Å². The topological polar surface area (TPSA) is 61.4 Å². The van der Waals surface area contributed by atoms with Gasteiger partial charge in [-0.2, -0.15) is 12.7 Å². The summed E-state index contributed by atoms with van der Waals surface area (Å²) in [7, 11) is -3.25. The highest BCUT2D eigenvalue weighted by atomic mass is 35.5. The summed E-state index contributed by atoms with van der Waals surface area (Å²) < 4.78 is 28.5. The van der Waals surface area contributed by atoms with Gasteiger partial charge in [0.25, 0.3) is 10.2 Å². The fourth-order valence-corrected chi connectivity index (χ4v) is 4.02. The highest BCUT2D eigenvalue weighted by Crippen LogP contribution is 2.18. The number of hydrogen-bond donors (Lipinski definition) is 2. The summed E-state index contributed by atoms with van der Waals surface area (Å²) in [4.78, 5) is 0. The van der Waals surface area contributed by atoms with E-state index in [1.807, 2.05) is 0 Å². The molecule has 2 unspecified atom stereocenters. The standard InChI is InChI=1S/C11H23N3O2S.ClH/c1-10-3-2-6-14(9-10)17(15,16)13-8-11-4-5-12-7-11;/h10-13H,2-9H2,1H3;1H. The van der Waals surface area contributed by atoms with Crippen molar-refractivity contribution >= 4 is 22.6 Å². The molecule has 2 N–H and O–H groups in total. The summed E-state index contributed by atoms with van der Waals surface area (Å²) in [6, 6.07) is 0. The van der Waals surface area contributed by atoms with Gasteiger partial charge >= 0.3 is 0 Å². The third-order valence-corrected chi connectivity index (χ3v) is 5.22. The van der Waals surface area contributed by atoms with Crippen molar-refractivity contribution in [2.75, 3.05) is 32.7 Å². The van der Waals surface area contributed by atoms with Crippen LogP contribution in [0.5, 0.6) is 0 Å². The lowest BCUT2D eigenvalue weighted by molar-refractivity contribution is 0.277. The van der Waals surface area contributed by atoms with Crippen molar-refractivity contribution in [1.82, 2.24) is 14.3 Å². The molecule has 0 aliphatic carbocycles. The molecule has 7 heteroatoms. The zero-order chi connectivity index (χ0) is 12.3. The Morgan fingerprint density at radius 1 is 1.39 bits per heavy atom. The largest absolute Gasteiger partial charge is 0.316 e. The highest BCUT2D eigenvalue weighted by molar-refractivity contribution is 7.87. The fraction of sp³-hybridized carbons (Fsp3) is 1.00. The van der Waals surface area contributed by atoms with Gasteiger partial charge in [0.05, 0.1) is 0 Å². The Bertz CT molecular complexity index is 344. The summed E-state index contributed by atoms with van der Waals surface area (Å²) in [5.41, 5.74) is 0. The van der Waals surface area contributed by atoms with Gasteiger partial charge in [0.1, 0.15) is 0 Å². The number of piperidine rings is 1. The Morgan fingerprint density at radius 2 is 2.17 bits per heavy atom. The van der Waals surface area contributed by atoms with Crippen LogP contribution >= 0.6 is 12.4 Å². The van der Waals surface area contributed by atoms with E-state index in [4.69, 9.17) is 0 Å². The molecular weight excluding hydrogens is 274 g/mol. The van der Waals surface area contributed by atoms with Gasteiger partial charge in [-0.15, -0.1) is 12.4 Å². The maximum absolute atomic E-state index is 12.1. The van der Waals surface area contributed by atoms with Crippen LogP contribution in [-0.2, 0) is 10.2 Å². The Morgan fingerprint density at radius 3 is 2.78 bits per heavy atom. The number of rotatable bonds is 4. The first-order valence-electron chi connectivity index (χ1n) is 6.53. The van der Waals surface area contributed by atoms with Crippen LogP contribution < -0.4 is 10.0 Å². The van der Waals surface area contributed by atoms with Crippen LogP contribution in [0.25, 0.3) is 0 Å². The quantitative estimate of drug-likeness (QED) is 0.798. The van der Waals surface area contributed by atoms with Crippen molar-refractivity contribution < 1.29 is 8.42 Å². The van der Waals surface area contributed by atoms with Crippen molar-refractivity contribution in [3.8, 4) is 0 Å². The molecule has 2 saturated heterocycles. The zero-order valence-electron chi connectivity index (χ0n) is 10.9. The highest BCUT2D eigenvalue weighted by Gasteiger charge is 2.27. The molecule has 0 aromatic carbocycles. The lowest BCUT2D eigenvalue weighted by Crippen LogP contribution is -2.46. The van der Waals surface area contributed by atoms with Gasteiger partial charge in [0, 0.05) is 19.6 Å².